The summed E-state index contributed by atoms with van der Waals surface area (Å²) in [6.07, 6.45) is 0. The zero-order valence-electron chi connectivity index (χ0n) is 25.1. The van der Waals surface area contributed by atoms with Crippen LogP contribution in [0.25, 0.3) is 5.76 Å². The van der Waals surface area contributed by atoms with Crippen LogP contribution in [0.15, 0.2) is 78.4 Å². The summed E-state index contributed by atoms with van der Waals surface area (Å²) >= 11 is 0. The number of carbonyl (C=O) groups excluding carboxylic acids is 2. The molecule has 0 aliphatic carbocycles. The largest absolute Gasteiger partial charge is 0.507 e. The van der Waals surface area contributed by atoms with Crippen LogP contribution >= 0.6 is 0 Å². The van der Waals surface area contributed by atoms with Crippen molar-refractivity contribution >= 4 is 17.4 Å². The lowest BCUT2D eigenvalue weighted by molar-refractivity contribution is -0.140. The predicted octanol–water partition coefficient (Wildman–Crippen LogP) is 5.36. The second kappa shape index (κ2) is 13.9. The molecular weight excluding hydrogens is 544 g/mol. The summed E-state index contributed by atoms with van der Waals surface area (Å²) in [5.41, 5.74) is 3.12. The summed E-state index contributed by atoms with van der Waals surface area (Å²) in [4.78, 5) is 30.8. The van der Waals surface area contributed by atoms with Crippen molar-refractivity contribution in [1.29, 1.82) is 0 Å². The maximum absolute atomic E-state index is 13.6. The molecular formula is C35H40N2O6. The van der Waals surface area contributed by atoms with Gasteiger partial charge in [0.25, 0.3) is 11.7 Å². The molecule has 2 saturated heterocycles. The molecule has 0 spiro atoms. The van der Waals surface area contributed by atoms with Gasteiger partial charge in [0.15, 0.2) is 0 Å². The number of aliphatic hydroxyl groups excluding tert-OH is 1. The van der Waals surface area contributed by atoms with Crippen LogP contribution in [0, 0.1) is 12.8 Å². The van der Waals surface area contributed by atoms with Crippen LogP contribution in [-0.4, -0.2) is 72.6 Å². The Morgan fingerprint density at radius 3 is 2.30 bits per heavy atom. The first-order valence-corrected chi connectivity index (χ1v) is 14.9. The molecule has 2 aliphatic heterocycles. The van der Waals surface area contributed by atoms with E-state index < -0.39 is 17.7 Å². The highest BCUT2D eigenvalue weighted by atomic mass is 16.5. The zero-order valence-corrected chi connectivity index (χ0v) is 25.1. The van der Waals surface area contributed by atoms with Gasteiger partial charge in [0.05, 0.1) is 31.4 Å². The van der Waals surface area contributed by atoms with E-state index in [-0.39, 0.29) is 11.3 Å². The van der Waals surface area contributed by atoms with Crippen molar-refractivity contribution in [2.24, 2.45) is 5.92 Å². The van der Waals surface area contributed by atoms with Crippen LogP contribution in [0.4, 0.5) is 0 Å². The lowest BCUT2D eigenvalue weighted by atomic mass is 9.94. The topological polar surface area (TPSA) is 88.5 Å². The van der Waals surface area contributed by atoms with Gasteiger partial charge in [-0.3, -0.25) is 14.5 Å². The van der Waals surface area contributed by atoms with Crippen molar-refractivity contribution < 1.29 is 28.9 Å². The fraction of sp³-hybridized carbons (Fsp3) is 0.371. The van der Waals surface area contributed by atoms with Crippen LogP contribution in [0.3, 0.4) is 0 Å². The Labute approximate surface area is 253 Å². The molecule has 8 heteroatoms. The van der Waals surface area contributed by atoms with Crippen molar-refractivity contribution in [1.82, 2.24) is 9.80 Å². The number of ketones is 1. The molecule has 8 nitrogen and oxygen atoms in total. The van der Waals surface area contributed by atoms with E-state index >= 15 is 0 Å². The quantitative estimate of drug-likeness (QED) is 0.184. The first-order valence-electron chi connectivity index (χ1n) is 14.9. The fourth-order valence-electron chi connectivity index (χ4n) is 5.42. The molecule has 43 heavy (non-hydrogen) atoms. The Balaban J connectivity index is 1.45. The summed E-state index contributed by atoms with van der Waals surface area (Å²) in [6.45, 7) is 10.8. The van der Waals surface area contributed by atoms with Crippen LogP contribution in [0.1, 0.15) is 42.1 Å². The molecule has 2 heterocycles. The van der Waals surface area contributed by atoms with Gasteiger partial charge in [0.1, 0.15) is 23.9 Å². The summed E-state index contributed by atoms with van der Waals surface area (Å²) in [7, 11) is 0. The lowest BCUT2D eigenvalue weighted by Crippen LogP contribution is -2.42. The molecule has 2 fully saturated rings. The van der Waals surface area contributed by atoms with Gasteiger partial charge < -0.3 is 24.2 Å². The molecule has 0 radical (unpaired) electrons. The third-order valence-corrected chi connectivity index (χ3v) is 7.78. The number of aryl methyl sites for hydroxylation is 1. The number of nitrogens with zero attached hydrogens (tertiary/aromatic N) is 2. The molecule has 0 aromatic heterocycles. The third-order valence-electron chi connectivity index (χ3n) is 7.78. The Kier molecular flexibility index (Phi) is 9.79. The molecule has 5 rings (SSSR count). The van der Waals surface area contributed by atoms with Crippen molar-refractivity contribution in [2.45, 2.75) is 33.4 Å². The first-order chi connectivity index (χ1) is 20.8. The molecule has 3 aromatic rings. The van der Waals surface area contributed by atoms with Gasteiger partial charge in [-0.05, 0) is 59.9 Å². The van der Waals surface area contributed by atoms with Gasteiger partial charge in [-0.15, -0.1) is 0 Å². The number of benzene rings is 3. The van der Waals surface area contributed by atoms with E-state index in [0.717, 1.165) is 29.8 Å². The molecule has 226 valence electrons. The van der Waals surface area contributed by atoms with Crippen molar-refractivity contribution in [3.8, 4) is 11.5 Å². The molecule has 1 unspecified atom stereocenters. The molecule has 1 amide bonds. The van der Waals surface area contributed by atoms with Crippen LogP contribution in [0.5, 0.6) is 11.5 Å². The number of aliphatic hydroxyl groups is 1. The number of hydrogen-bond acceptors (Lipinski definition) is 7. The number of Topliss-reactive ketones (excluding diaryl/α,β-unsaturated/α-hetero) is 1. The van der Waals surface area contributed by atoms with E-state index in [1.165, 1.54) is 0 Å². The normalized spacial score (nSPS) is 18.8. The Hall–Kier alpha value is -4.14. The minimum absolute atomic E-state index is 0.0869. The van der Waals surface area contributed by atoms with Crippen molar-refractivity contribution in [3.63, 3.8) is 0 Å². The highest BCUT2D eigenvalue weighted by Crippen LogP contribution is 2.40. The number of rotatable bonds is 11. The van der Waals surface area contributed by atoms with E-state index in [1.54, 1.807) is 17.0 Å². The van der Waals surface area contributed by atoms with Crippen LogP contribution in [0.2, 0.25) is 0 Å². The Morgan fingerprint density at radius 2 is 1.63 bits per heavy atom. The summed E-state index contributed by atoms with van der Waals surface area (Å²) in [6, 6.07) is 22.0. The van der Waals surface area contributed by atoms with E-state index in [0.29, 0.717) is 62.5 Å². The minimum atomic E-state index is -0.736. The standard InChI is InChI=1S/C35H40N2O6/c1-24(2)22-42-29-13-14-30(25(3)21-29)33(38)31-32(37(35(40)34(31)39)16-15-36-17-19-41-20-18-36)27-9-11-28(12-10-27)43-23-26-7-5-4-6-8-26/h4-14,21,24,32,38H,15-20,22-23H2,1-3H3. The summed E-state index contributed by atoms with van der Waals surface area (Å²) in [5.74, 6) is 0.251. The smallest absolute Gasteiger partial charge is 0.295 e. The van der Waals surface area contributed by atoms with Crippen molar-refractivity contribution in [3.05, 3.63) is 101 Å². The van der Waals surface area contributed by atoms with E-state index in [9.17, 15) is 14.7 Å². The monoisotopic (exact) mass is 584 g/mol. The second-order valence-electron chi connectivity index (χ2n) is 11.5. The zero-order chi connectivity index (χ0) is 30.3. The number of likely N-dealkylation sites (tertiary alicyclic amines) is 1. The van der Waals surface area contributed by atoms with Crippen molar-refractivity contribution in [2.75, 3.05) is 46.0 Å². The highest BCUT2D eigenvalue weighted by molar-refractivity contribution is 6.46. The Bertz CT molecular complexity index is 1440. The Morgan fingerprint density at radius 1 is 0.930 bits per heavy atom. The molecule has 3 aromatic carbocycles. The number of carbonyl (C=O) groups is 2. The van der Waals surface area contributed by atoms with Crippen LogP contribution < -0.4 is 9.47 Å². The van der Waals surface area contributed by atoms with Gasteiger partial charge in [-0.2, -0.15) is 0 Å². The average Bonchev–Trinajstić information content (AvgIpc) is 3.28. The highest BCUT2D eigenvalue weighted by Gasteiger charge is 2.46. The van der Waals surface area contributed by atoms with Gasteiger partial charge in [0, 0.05) is 31.7 Å². The number of morpholine rings is 1. The van der Waals surface area contributed by atoms with Gasteiger partial charge >= 0.3 is 0 Å². The molecule has 0 bridgehead atoms. The first kappa shape index (κ1) is 30.3. The molecule has 2 aliphatic rings. The molecule has 1 N–H and O–H groups in total. The average molecular weight is 585 g/mol. The lowest BCUT2D eigenvalue weighted by Gasteiger charge is -2.31. The van der Waals surface area contributed by atoms with Gasteiger partial charge in [-0.1, -0.05) is 56.3 Å². The molecule has 1 atom stereocenters. The maximum Gasteiger partial charge on any atom is 0.295 e. The second-order valence-corrected chi connectivity index (χ2v) is 11.5. The molecule has 0 saturated carbocycles. The number of amides is 1. The van der Waals surface area contributed by atoms with E-state index in [2.05, 4.69) is 18.7 Å². The van der Waals surface area contributed by atoms with E-state index in [4.69, 9.17) is 14.2 Å². The SMILES string of the molecule is Cc1cc(OCC(C)C)ccc1C(O)=C1C(=O)C(=O)N(CCN2CCOCC2)C1c1ccc(OCc2ccccc2)cc1. The van der Waals surface area contributed by atoms with Crippen LogP contribution in [-0.2, 0) is 20.9 Å². The van der Waals surface area contributed by atoms with Gasteiger partial charge in [-0.25, -0.2) is 0 Å². The third kappa shape index (κ3) is 7.27. The van der Waals surface area contributed by atoms with Gasteiger partial charge in [0.2, 0.25) is 0 Å². The minimum Gasteiger partial charge on any atom is -0.507 e. The van der Waals surface area contributed by atoms with E-state index in [1.807, 2.05) is 67.6 Å². The summed E-state index contributed by atoms with van der Waals surface area (Å²) in [5, 5.41) is 11.6. The number of hydrogen-bond donors (Lipinski definition) is 1. The predicted molar refractivity (Wildman–Crippen MR) is 165 cm³/mol. The summed E-state index contributed by atoms with van der Waals surface area (Å²) < 4.78 is 17.3. The number of ether oxygens (including phenoxy) is 3. The fourth-order valence-corrected chi connectivity index (χ4v) is 5.42. The maximum atomic E-state index is 13.6.